The summed E-state index contributed by atoms with van der Waals surface area (Å²) in [5.41, 5.74) is -1.31. The summed E-state index contributed by atoms with van der Waals surface area (Å²) in [6.45, 7) is -0.447. The van der Waals surface area contributed by atoms with Crippen molar-refractivity contribution in [2.24, 2.45) is 17.3 Å². The number of benzene rings is 1. The van der Waals surface area contributed by atoms with Crippen LogP contribution in [0.15, 0.2) is 24.3 Å². The van der Waals surface area contributed by atoms with Gasteiger partial charge in [0, 0.05) is 17.8 Å². The van der Waals surface area contributed by atoms with Crippen molar-refractivity contribution >= 4 is 23.3 Å². The van der Waals surface area contributed by atoms with Gasteiger partial charge in [0.2, 0.25) is 0 Å². The van der Waals surface area contributed by atoms with E-state index in [-0.39, 0.29) is 11.4 Å². The molecule has 1 aromatic carbocycles. The SMILES string of the molecule is O=C(COC(=O)C12C[C@@H]3C[C@@H](CC(O)(C3)C1)C2)Nc1cccc([N+](=O)[O-])c1. The highest BCUT2D eigenvalue weighted by atomic mass is 16.6. The molecule has 2 unspecified atom stereocenters. The van der Waals surface area contributed by atoms with Crippen molar-refractivity contribution in [2.75, 3.05) is 11.9 Å². The van der Waals surface area contributed by atoms with Crippen LogP contribution in [-0.2, 0) is 14.3 Å². The first-order valence-electron chi connectivity index (χ1n) is 9.21. The second-order valence-electron chi connectivity index (χ2n) is 8.40. The summed E-state index contributed by atoms with van der Waals surface area (Å²) in [6.07, 6.45) is 4.43. The third-order valence-corrected chi connectivity index (χ3v) is 6.14. The average molecular weight is 374 g/mol. The van der Waals surface area contributed by atoms with Gasteiger partial charge in [0.15, 0.2) is 6.61 Å². The van der Waals surface area contributed by atoms with Crippen LogP contribution in [0.3, 0.4) is 0 Å². The highest BCUT2D eigenvalue weighted by Gasteiger charge is 2.60. The maximum Gasteiger partial charge on any atom is 0.312 e. The van der Waals surface area contributed by atoms with Crippen molar-refractivity contribution in [3.8, 4) is 0 Å². The molecule has 5 rings (SSSR count). The van der Waals surface area contributed by atoms with E-state index in [1.807, 2.05) is 0 Å². The van der Waals surface area contributed by atoms with Crippen LogP contribution in [0.25, 0.3) is 0 Å². The second-order valence-corrected chi connectivity index (χ2v) is 8.40. The van der Waals surface area contributed by atoms with E-state index in [2.05, 4.69) is 5.32 Å². The number of non-ortho nitro benzene ring substituents is 1. The van der Waals surface area contributed by atoms with Crippen LogP contribution in [0.2, 0.25) is 0 Å². The van der Waals surface area contributed by atoms with E-state index in [9.17, 15) is 24.8 Å². The molecule has 2 N–H and O–H groups in total. The molecule has 4 aliphatic rings. The topological polar surface area (TPSA) is 119 Å². The van der Waals surface area contributed by atoms with Gasteiger partial charge in [-0.2, -0.15) is 0 Å². The van der Waals surface area contributed by atoms with E-state index in [1.54, 1.807) is 0 Å². The smallest absolute Gasteiger partial charge is 0.312 e. The van der Waals surface area contributed by atoms with Gasteiger partial charge in [-0.15, -0.1) is 0 Å². The number of amides is 1. The van der Waals surface area contributed by atoms with Crippen molar-refractivity contribution in [1.29, 1.82) is 0 Å². The normalized spacial score (nSPS) is 33.5. The molecule has 1 aromatic rings. The maximum absolute atomic E-state index is 12.7. The van der Waals surface area contributed by atoms with Crippen molar-refractivity contribution < 1.29 is 24.4 Å². The summed E-state index contributed by atoms with van der Waals surface area (Å²) >= 11 is 0. The molecule has 4 fully saturated rings. The number of carbonyl (C=O) groups excluding carboxylic acids is 2. The minimum absolute atomic E-state index is 0.133. The van der Waals surface area contributed by atoms with Crippen molar-refractivity contribution in [3.05, 3.63) is 34.4 Å². The van der Waals surface area contributed by atoms with E-state index in [0.717, 1.165) is 32.1 Å². The fourth-order valence-corrected chi connectivity index (χ4v) is 5.63. The lowest BCUT2D eigenvalue weighted by Gasteiger charge is -2.58. The quantitative estimate of drug-likeness (QED) is 0.464. The van der Waals surface area contributed by atoms with Crippen LogP contribution < -0.4 is 5.32 Å². The molecule has 8 nitrogen and oxygen atoms in total. The Hall–Kier alpha value is -2.48. The molecular formula is C19H22N2O6. The first-order valence-corrected chi connectivity index (χ1v) is 9.21. The summed E-state index contributed by atoms with van der Waals surface area (Å²) in [5, 5.41) is 24.0. The number of ether oxygens (including phenoxy) is 1. The number of rotatable bonds is 5. The molecule has 4 aliphatic carbocycles. The van der Waals surface area contributed by atoms with E-state index in [4.69, 9.17) is 4.74 Å². The Morgan fingerprint density at radius 1 is 1.26 bits per heavy atom. The van der Waals surface area contributed by atoms with Gasteiger partial charge in [-0.1, -0.05) is 6.07 Å². The van der Waals surface area contributed by atoms with Gasteiger partial charge in [-0.3, -0.25) is 19.7 Å². The zero-order chi connectivity index (χ0) is 19.2. The summed E-state index contributed by atoms with van der Waals surface area (Å²) in [6, 6.07) is 5.57. The lowest BCUT2D eigenvalue weighted by molar-refractivity contribution is -0.384. The molecule has 4 bridgehead atoms. The van der Waals surface area contributed by atoms with E-state index >= 15 is 0 Å². The van der Waals surface area contributed by atoms with E-state index < -0.39 is 34.4 Å². The minimum atomic E-state index is -0.770. The van der Waals surface area contributed by atoms with Crippen LogP contribution in [0.4, 0.5) is 11.4 Å². The van der Waals surface area contributed by atoms with Crippen LogP contribution in [-0.4, -0.2) is 34.1 Å². The Kier molecular flexibility index (Phi) is 4.18. The third-order valence-electron chi connectivity index (χ3n) is 6.14. The molecule has 144 valence electrons. The molecule has 1 amide bonds. The number of hydrogen-bond donors (Lipinski definition) is 2. The first-order chi connectivity index (χ1) is 12.8. The van der Waals surface area contributed by atoms with Gasteiger partial charge < -0.3 is 15.2 Å². The summed E-state index contributed by atoms with van der Waals surface area (Å²) in [7, 11) is 0. The van der Waals surface area contributed by atoms with Crippen LogP contribution >= 0.6 is 0 Å². The Bertz CT molecular complexity index is 793. The predicted molar refractivity (Wildman–Crippen MR) is 94.7 cm³/mol. The van der Waals surface area contributed by atoms with E-state index in [0.29, 0.717) is 18.3 Å². The van der Waals surface area contributed by atoms with Gasteiger partial charge >= 0.3 is 5.97 Å². The highest BCUT2D eigenvalue weighted by molar-refractivity contribution is 5.93. The first kappa shape index (κ1) is 17.9. The van der Waals surface area contributed by atoms with Crippen molar-refractivity contribution in [3.63, 3.8) is 0 Å². The van der Waals surface area contributed by atoms with Crippen molar-refractivity contribution in [2.45, 2.75) is 44.1 Å². The third kappa shape index (κ3) is 3.41. The largest absolute Gasteiger partial charge is 0.455 e. The number of nitrogens with one attached hydrogen (secondary N) is 1. The summed E-state index contributed by atoms with van der Waals surface area (Å²) in [5.74, 6) is -0.263. The molecule has 4 atom stereocenters. The Balaban J connectivity index is 1.36. The molecule has 0 radical (unpaired) electrons. The summed E-state index contributed by atoms with van der Waals surface area (Å²) < 4.78 is 5.29. The Labute approximate surface area is 156 Å². The number of nitro benzene ring substituents is 1. The van der Waals surface area contributed by atoms with Crippen LogP contribution in [0.5, 0.6) is 0 Å². The monoisotopic (exact) mass is 374 g/mol. The predicted octanol–water partition coefficient (Wildman–Crippen LogP) is 2.41. The highest BCUT2D eigenvalue weighted by Crippen LogP contribution is 2.61. The molecule has 0 aliphatic heterocycles. The lowest BCUT2D eigenvalue weighted by atomic mass is 9.48. The molecule has 8 heteroatoms. The Morgan fingerprint density at radius 2 is 1.96 bits per heavy atom. The molecule has 27 heavy (non-hydrogen) atoms. The lowest BCUT2D eigenvalue weighted by Crippen LogP contribution is -2.58. The molecule has 0 heterocycles. The fraction of sp³-hybridized carbons (Fsp3) is 0.579. The molecule has 0 spiro atoms. The minimum Gasteiger partial charge on any atom is -0.455 e. The molecular weight excluding hydrogens is 352 g/mol. The number of nitrogens with zero attached hydrogens (tertiary/aromatic N) is 1. The zero-order valence-corrected chi connectivity index (χ0v) is 14.8. The van der Waals surface area contributed by atoms with Gasteiger partial charge in [0.05, 0.1) is 15.9 Å². The number of hydrogen-bond acceptors (Lipinski definition) is 6. The number of anilines is 1. The summed E-state index contributed by atoms with van der Waals surface area (Å²) in [4.78, 5) is 35.1. The number of aliphatic hydroxyl groups is 1. The van der Waals surface area contributed by atoms with Crippen molar-refractivity contribution in [1.82, 2.24) is 0 Å². The number of esters is 1. The standard InChI is InChI=1S/C19H22N2O6/c22-16(20-14-2-1-3-15(5-14)21(25)26)10-27-17(23)18-6-12-4-13(7-18)9-19(24,8-12)11-18/h1-3,5,12-13,24H,4,6-11H2,(H,20,22)/t12-,13+,18?,19?. The second kappa shape index (κ2) is 6.30. The van der Waals surface area contributed by atoms with Gasteiger partial charge in [-0.25, -0.2) is 0 Å². The van der Waals surface area contributed by atoms with Crippen LogP contribution in [0, 0.1) is 27.4 Å². The zero-order valence-electron chi connectivity index (χ0n) is 14.8. The van der Waals surface area contributed by atoms with Crippen LogP contribution in [0.1, 0.15) is 38.5 Å². The average Bonchev–Trinajstić information content (AvgIpc) is 2.57. The maximum atomic E-state index is 12.7. The number of nitro groups is 1. The molecule has 0 aromatic heterocycles. The number of carbonyl (C=O) groups is 2. The molecule has 0 saturated heterocycles. The fourth-order valence-electron chi connectivity index (χ4n) is 5.63. The van der Waals surface area contributed by atoms with Gasteiger partial charge in [-0.05, 0) is 56.4 Å². The van der Waals surface area contributed by atoms with Gasteiger partial charge in [0.1, 0.15) is 0 Å². The Morgan fingerprint density at radius 3 is 2.59 bits per heavy atom. The van der Waals surface area contributed by atoms with Gasteiger partial charge in [0.25, 0.3) is 11.6 Å². The molecule has 4 saturated carbocycles. The van der Waals surface area contributed by atoms with E-state index in [1.165, 1.54) is 24.3 Å².